The third kappa shape index (κ3) is 2.72. The second kappa shape index (κ2) is 6.58. The first kappa shape index (κ1) is 15.7. The highest BCUT2D eigenvalue weighted by Crippen LogP contribution is 2.53. The summed E-state index contributed by atoms with van der Waals surface area (Å²) >= 11 is 0. The molecular formula is C22H27NO. The Hall–Kier alpha value is -1.83. The molecule has 0 spiro atoms. The van der Waals surface area contributed by atoms with Crippen molar-refractivity contribution in [1.82, 2.24) is 0 Å². The van der Waals surface area contributed by atoms with E-state index >= 15 is 0 Å². The molecule has 2 aliphatic rings. The van der Waals surface area contributed by atoms with E-state index in [1.807, 2.05) is 0 Å². The number of fused-ring (bicyclic) bond motifs is 3. The van der Waals surface area contributed by atoms with Crippen molar-refractivity contribution in [3.05, 3.63) is 48.0 Å². The fourth-order valence-corrected chi connectivity index (χ4v) is 5.25. The summed E-state index contributed by atoms with van der Waals surface area (Å²) in [5.74, 6) is 2.84. The van der Waals surface area contributed by atoms with E-state index in [-0.39, 0.29) is 0 Å². The molecule has 2 aliphatic carbocycles. The minimum absolute atomic E-state index is 0.551. The number of rotatable bonds is 4. The van der Waals surface area contributed by atoms with Crippen molar-refractivity contribution in [3.8, 4) is 0 Å². The van der Waals surface area contributed by atoms with Gasteiger partial charge in [0, 0.05) is 5.92 Å². The van der Waals surface area contributed by atoms with Crippen LogP contribution in [0.1, 0.15) is 50.5 Å². The van der Waals surface area contributed by atoms with Crippen LogP contribution in [0.3, 0.4) is 0 Å². The minimum Gasteiger partial charge on any atom is -0.399 e. The van der Waals surface area contributed by atoms with Gasteiger partial charge in [0.05, 0.1) is 5.71 Å². The maximum atomic E-state index is 5.20. The standard InChI is InChI=1S/C22H27NO/c1-3-21(23-24-2)22-19-9-8-15(12-19)13-20(22)18-11-10-16-6-4-5-7-17(16)14-18/h4-7,10-11,14-15,19-20,22H,3,8-9,12-13H2,1-2H3/t15?,19-,20-,22+/m0/s1. The zero-order valence-electron chi connectivity index (χ0n) is 14.7. The van der Waals surface area contributed by atoms with Gasteiger partial charge in [-0.2, -0.15) is 0 Å². The van der Waals surface area contributed by atoms with Gasteiger partial charge >= 0.3 is 0 Å². The van der Waals surface area contributed by atoms with Gasteiger partial charge < -0.3 is 4.84 Å². The molecule has 2 aromatic carbocycles. The average Bonchev–Trinajstić information content (AvgIpc) is 3.01. The molecular weight excluding hydrogens is 294 g/mol. The predicted molar refractivity (Wildman–Crippen MR) is 100 cm³/mol. The van der Waals surface area contributed by atoms with Gasteiger partial charge in [0.1, 0.15) is 7.11 Å². The van der Waals surface area contributed by atoms with Crippen LogP contribution >= 0.6 is 0 Å². The Balaban J connectivity index is 1.75. The summed E-state index contributed by atoms with van der Waals surface area (Å²) in [4.78, 5) is 5.20. The molecule has 2 saturated carbocycles. The van der Waals surface area contributed by atoms with E-state index in [1.54, 1.807) is 7.11 Å². The minimum atomic E-state index is 0.551. The van der Waals surface area contributed by atoms with Gasteiger partial charge in [-0.15, -0.1) is 0 Å². The van der Waals surface area contributed by atoms with Crippen molar-refractivity contribution in [2.45, 2.75) is 44.9 Å². The molecule has 2 aromatic rings. The van der Waals surface area contributed by atoms with E-state index in [1.165, 1.54) is 47.7 Å². The van der Waals surface area contributed by atoms with Crippen LogP contribution in [0.4, 0.5) is 0 Å². The topological polar surface area (TPSA) is 21.6 Å². The Labute approximate surface area is 144 Å². The van der Waals surface area contributed by atoms with Crippen LogP contribution in [-0.4, -0.2) is 12.8 Å². The van der Waals surface area contributed by atoms with E-state index in [2.05, 4.69) is 54.5 Å². The molecule has 0 aliphatic heterocycles. The number of hydrogen-bond donors (Lipinski definition) is 0. The Morgan fingerprint density at radius 2 is 1.92 bits per heavy atom. The van der Waals surface area contributed by atoms with Crippen LogP contribution < -0.4 is 0 Å². The maximum Gasteiger partial charge on any atom is 0.106 e. The molecule has 2 fully saturated rings. The Bertz CT molecular complexity index is 750. The number of oxime groups is 1. The molecule has 4 atom stereocenters. The van der Waals surface area contributed by atoms with Gasteiger partial charge in [-0.3, -0.25) is 0 Å². The van der Waals surface area contributed by atoms with Gasteiger partial charge in [-0.1, -0.05) is 61.0 Å². The van der Waals surface area contributed by atoms with Crippen molar-refractivity contribution in [2.24, 2.45) is 22.9 Å². The maximum absolute atomic E-state index is 5.20. The molecule has 0 aromatic heterocycles. The van der Waals surface area contributed by atoms with E-state index in [0.717, 1.165) is 18.3 Å². The Kier molecular flexibility index (Phi) is 4.30. The SMILES string of the molecule is CCC(=NOC)[C@@H]1[C@H]2CCC(C2)C[C@H]1c1ccc2ccccc2c1. The molecule has 4 rings (SSSR count). The first-order chi connectivity index (χ1) is 11.8. The molecule has 0 saturated heterocycles. The van der Waals surface area contributed by atoms with Crippen LogP contribution in [0.25, 0.3) is 10.8 Å². The van der Waals surface area contributed by atoms with Gasteiger partial charge in [-0.05, 0) is 59.8 Å². The smallest absolute Gasteiger partial charge is 0.106 e. The molecule has 0 heterocycles. The average molecular weight is 321 g/mol. The van der Waals surface area contributed by atoms with Crippen molar-refractivity contribution < 1.29 is 4.84 Å². The largest absolute Gasteiger partial charge is 0.399 e. The van der Waals surface area contributed by atoms with Crippen molar-refractivity contribution in [1.29, 1.82) is 0 Å². The fraction of sp³-hybridized carbons (Fsp3) is 0.500. The first-order valence-electron chi connectivity index (χ1n) is 9.38. The zero-order valence-corrected chi connectivity index (χ0v) is 14.7. The van der Waals surface area contributed by atoms with Crippen molar-refractivity contribution in [3.63, 3.8) is 0 Å². The molecule has 0 amide bonds. The molecule has 1 unspecified atom stereocenters. The second-order valence-electron chi connectivity index (χ2n) is 7.53. The highest BCUT2D eigenvalue weighted by Gasteiger charge is 2.44. The van der Waals surface area contributed by atoms with Gasteiger partial charge in [-0.25, -0.2) is 0 Å². The Morgan fingerprint density at radius 1 is 1.08 bits per heavy atom. The molecule has 0 N–H and O–H groups in total. The lowest BCUT2D eigenvalue weighted by molar-refractivity contribution is 0.200. The van der Waals surface area contributed by atoms with E-state index < -0.39 is 0 Å². The first-order valence-corrected chi connectivity index (χ1v) is 9.38. The quantitative estimate of drug-likeness (QED) is 0.517. The van der Waals surface area contributed by atoms with Crippen LogP contribution in [-0.2, 0) is 4.84 Å². The summed E-state index contributed by atoms with van der Waals surface area (Å²) in [5, 5.41) is 7.12. The number of benzene rings is 2. The monoisotopic (exact) mass is 321 g/mol. The van der Waals surface area contributed by atoms with Gasteiger partial charge in [0.2, 0.25) is 0 Å². The number of nitrogens with zero attached hydrogens (tertiary/aromatic N) is 1. The molecule has 126 valence electrons. The summed E-state index contributed by atoms with van der Waals surface area (Å²) in [5.41, 5.74) is 2.76. The third-order valence-corrected chi connectivity index (χ3v) is 6.27. The highest BCUT2D eigenvalue weighted by molar-refractivity contribution is 5.88. The fourth-order valence-electron chi connectivity index (χ4n) is 5.25. The third-order valence-electron chi connectivity index (χ3n) is 6.27. The summed E-state index contributed by atoms with van der Waals surface area (Å²) in [7, 11) is 1.68. The summed E-state index contributed by atoms with van der Waals surface area (Å²) < 4.78 is 0. The normalized spacial score (nSPS) is 29.8. The van der Waals surface area contributed by atoms with Crippen LogP contribution in [0.15, 0.2) is 47.6 Å². The van der Waals surface area contributed by atoms with E-state index in [4.69, 9.17) is 4.84 Å². The number of hydrogen-bond acceptors (Lipinski definition) is 2. The zero-order chi connectivity index (χ0) is 16.5. The van der Waals surface area contributed by atoms with Gasteiger partial charge in [0.25, 0.3) is 0 Å². The van der Waals surface area contributed by atoms with Crippen LogP contribution in [0.2, 0.25) is 0 Å². The Morgan fingerprint density at radius 3 is 2.71 bits per heavy atom. The highest BCUT2D eigenvalue weighted by atomic mass is 16.6. The van der Waals surface area contributed by atoms with Crippen molar-refractivity contribution in [2.75, 3.05) is 7.11 Å². The molecule has 2 bridgehead atoms. The van der Waals surface area contributed by atoms with E-state index in [9.17, 15) is 0 Å². The lowest BCUT2D eigenvalue weighted by Crippen LogP contribution is -2.32. The van der Waals surface area contributed by atoms with Gasteiger partial charge in [0.15, 0.2) is 0 Å². The molecule has 2 nitrogen and oxygen atoms in total. The predicted octanol–water partition coefficient (Wildman–Crippen LogP) is 5.77. The summed E-state index contributed by atoms with van der Waals surface area (Å²) in [6.45, 7) is 2.22. The van der Waals surface area contributed by atoms with Crippen LogP contribution in [0.5, 0.6) is 0 Å². The second-order valence-corrected chi connectivity index (χ2v) is 7.53. The summed E-state index contributed by atoms with van der Waals surface area (Å²) in [6.07, 6.45) is 6.45. The lowest BCUT2D eigenvalue weighted by Gasteiger charge is -2.37. The summed E-state index contributed by atoms with van der Waals surface area (Å²) in [6, 6.07) is 15.7. The molecule has 0 radical (unpaired) electrons. The van der Waals surface area contributed by atoms with Crippen molar-refractivity contribution >= 4 is 16.5 Å². The molecule has 24 heavy (non-hydrogen) atoms. The lowest BCUT2D eigenvalue weighted by atomic mass is 9.67. The van der Waals surface area contributed by atoms with Crippen LogP contribution in [0, 0.1) is 17.8 Å². The van der Waals surface area contributed by atoms with E-state index in [0.29, 0.717) is 11.8 Å². The molecule has 2 heteroatoms.